The number of halogens is 4. The Morgan fingerprint density at radius 1 is 1.35 bits per heavy atom. The van der Waals surface area contributed by atoms with Gasteiger partial charge in [-0.3, -0.25) is 4.79 Å². The molecule has 0 fully saturated rings. The number of hydrogen-bond donors (Lipinski definition) is 2. The highest BCUT2D eigenvalue weighted by Gasteiger charge is 2.31. The zero-order chi connectivity index (χ0) is 15.5. The summed E-state index contributed by atoms with van der Waals surface area (Å²) in [5, 5.41) is 2.09. The van der Waals surface area contributed by atoms with Crippen LogP contribution in [0.2, 0.25) is 0 Å². The molecule has 112 valence electrons. The number of alkyl halides is 3. The predicted octanol–water partition coefficient (Wildman–Crippen LogP) is 3.16. The molecule has 20 heavy (non-hydrogen) atoms. The molecule has 0 saturated carbocycles. The lowest BCUT2D eigenvalue weighted by molar-refractivity contribution is -0.137. The van der Waals surface area contributed by atoms with E-state index in [-0.39, 0.29) is 5.92 Å². The van der Waals surface area contributed by atoms with Crippen LogP contribution in [0.15, 0.2) is 18.2 Å². The maximum absolute atomic E-state index is 13.4. The predicted molar refractivity (Wildman–Crippen MR) is 67.5 cm³/mol. The van der Waals surface area contributed by atoms with Crippen LogP contribution in [0.4, 0.5) is 23.2 Å². The lowest BCUT2D eigenvalue weighted by Gasteiger charge is -2.15. The Balaban J connectivity index is 2.89. The second kappa shape index (κ2) is 6.21. The molecular formula is C13H16F4N2O. The van der Waals surface area contributed by atoms with Crippen molar-refractivity contribution in [1.29, 1.82) is 0 Å². The van der Waals surface area contributed by atoms with Crippen molar-refractivity contribution < 1.29 is 22.4 Å². The van der Waals surface area contributed by atoms with Gasteiger partial charge in [0.2, 0.25) is 5.91 Å². The molecule has 0 aliphatic carbocycles. The van der Waals surface area contributed by atoms with Crippen LogP contribution < -0.4 is 11.1 Å². The Kier molecular flexibility index (Phi) is 5.10. The number of carbonyl (C=O) groups excluding carboxylic acids is 1. The molecule has 1 atom stereocenters. The van der Waals surface area contributed by atoms with Gasteiger partial charge >= 0.3 is 6.18 Å². The fraction of sp³-hybridized carbons (Fsp3) is 0.462. The maximum atomic E-state index is 13.4. The molecule has 0 aliphatic rings. The van der Waals surface area contributed by atoms with E-state index in [4.69, 9.17) is 5.73 Å². The summed E-state index contributed by atoms with van der Waals surface area (Å²) >= 11 is 0. The van der Waals surface area contributed by atoms with Crippen molar-refractivity contribution in [1.82, 2.24) is 0 Å². The molecule has 0 radical (unpaired) electrons. The fourth-order valence-corrected chi connectivity index (χ4v) is 1.64. The lowest BCUT2D eigenvalue weighted by Crippen LogP contribution is -2.36. The minimum atomic E-state index is -4.60. The summed E-state index contributed by atoms with van der Waals surface area (Å²) in [5.74, 6) is -1.51. The van der Waals surface area contributed by atoms with Gasteiger partial charge in [-0.1, -0.05) is 13.8 Å². The largest absolute Gasteiger partial charge is 0.416 e. The molecule has 1 rings (SSSR count). The highest BCUT2D eigenvalue weighted by atomic mass is 19.4. The molecule has 0 saturated heterocycles. The molecule has 0 spiro atoms. The Morgan fingerprint density at radius 3 is 2.45 bits per heavy atom. The molecule has 1 amide bonds. The standard InChI is InChI=1S/C13H16F4N2O/c1-7(2)5-10(18)12(20)19-11-6-8(13(15,16)17)3-4-9(11)14/h3-4,6-7,10H,5,18H2,1-2H3,(H,19,20)/t10-/m1/s1. The highest BCUT2D eigenvalue weighted by molar-refractivity contribution is 5.94. The van der Waals surface area contributed by atoms with Gasteiger partial charge in [-0.15, -0.1) is 0 Å². The first-order valence-electron chi connectivity index (χ1n) is 6.04. The van der Waals surface area contributed by atoms with E-state index in [1.807, 2.05) is 13.8 Å². The first kappa shape index (κ1) is 16.4. The molecule has 0 bridgehead atoms. The monoisotopic (exact) mass is 292 g/mol. The van der Waals surface area contributed by atoms with Gasteiger partial charge < -0.3 is 11.1 Å². The molecule has 0 aliphatic heterocycles. The highest BCUT2D eigenvalue weighted by Crippen LogP contribution is 2.31. The van der Waals surface area contributed by atoms with Crippen molar-refractivity contribution in [3.8, 4) is 0 Å². The molecule has 7 heteroatoms. The number of benzene rings is 1. The van der Waals surface area contributed by atoms with Crippen LogP contribution in [0.5, 0.6) is 0 Å². The smallest absolute Gasteiger partial charge is 0.322 e. The van der Waals surface area contributed by atoms with Crippen molar-refractivity contribution >= 4 is 11.6 Å². The van der Waals surface area contributed by atoms with Crippen LogP contribution >= 0.6 is 0 Å². The average molecular weight is 292 g/mol. The van der Waals surface area contributed by atoms with Gasteiger partial charge in [0.1, 0.15) is 5.82 Å². The molecule has 0 aromatic heterocycles. The van der Waals surface area contributed by atoms with E-state index >= 15 is 0 Å². The Morgan fingerprint density at radius 2 is 1.95 bits per heavy atom. The summed E-state index contributed by atoms with van der Waals surface area (Å²) in [6.45, 7) is 3.69. The third-order valence-electron chi connectivity index (χ3n) is 2.61. The third kappa shape index (κ3) is 4.48. The summed E-state index contributed by atoms with van der Waals surface area (Å²) in [6, 6.07) is 0.921. The van der Waals surface area contributed by atoms with Crippen LogP contribution in [-0.2, 0) is 11.0 Å². The molecule has 0 unspecified atom stereocenters. The minimum absolute atomic E-state index is 0.141. The summed E-state index contributed by atoms with van der Waals surface area (Å²) in [6.07, 6.45) is -4.25. The van der Waals surface area contributed by atoms with E-state index < -0.39 is 35.2 Å². The van der Waals surface area contributed by atoms with Gasteiger partial charge in [0, 0.05) is 0 Å². The molecule has 3 nitrogen and oxygen atoms in total. The number of nitrogens with one attached hydrogen (secondary N) is 1. The van der Waals surface area contributed by atoms with E-state index in [0.717, 1.165) is 0 Å². The second-order valence-corrected chi connectivity index (χ2v) is 4.92. The van der Waals surface area contributed by atoms with E-state index in [1.165, 1.54) is 0 Å². The van der Waals surface area contributed by atoms with Crippen LogP contribution in [0.3, 0.4) is 0 Å². The normalized spacial score (nSPS) is 13.4. The topological polar surface area (TPSA) is 55.1 Å². The van der Waals surface area contributed by atoms with Crippen LogP contribution in [-0.4, -0.2) is 11.9 Å². The van der Waals surface area contributed by atoms with Gasteiger partial charge in [-0.25, -0.2) is 4.39 Å². The quantitative estimate of drug-likeness (QED) is 0.838. The van der Waals surface area contributed by atoms with Crippen molar-refractivity contribution in [2.24, 2.45) is 11.7 Å². The Labute approximate surface area is 114 Å². The average Bonchev–Trinajstić information content (AvgIpc) is 2.29. The van der Waals surface area contributed by atoms with E-state index in [9.17, 15) is 22.4 Å². The second-order valence-electron chi connectivity index (χ2n) is 4.92. The first-order valence-corrected chi connectivity index (χ1v) is 6.04. The van der Waals surface area contributed by atoms with Crippen molar-refractivity contribution in [2.75, 3.05) is 5.32 Å². The van der Waals surface area contributed by atoms with Crippen LogP contribution in [0, 0.1) is 11.7 Å². The first-order chi connectivity index (χ1) is 9.11. The van der Waals surface area contributed by atoms with E-state index in [2.05, 4.69) is 5.32 Å². The lowest BCUT2D eigenvalue weighted by atomic mass is 10.0. The summed E-state index contributed by atoms with van der Waals surface area (Å²) in [5.41, 5.74) is 4.02. The van der Waals surface area contributed by atoms with E-state index in [0.29, 0.717) is 24.6 Å². The molecule has 1 aromatic rings. The number of hydrogen-bond acceptors (Lipinski definition) is 2. The van der Waals surface area contributed by atoms with Crippen molar-refractivity contribution in [2.45, 2.75) is 32.5 Å². The SMILES string of the molecule is CC(C)C[C@@H](N)C(=O)Nc1cc(C(F)(F)F)ccc1F. The number of anilines is 1. The molecule has 3 N–H and O–H groups in total. The molecule has 1 aromatic carbocycles. The summed E-state index contributed by atoms with van der Waals surface area (Å²) in [7, 11) is 0. The summed E-state index contributed by atoms with van der Waals surface area (Å²) < 4.78 is 50.9. The number of rotatable bonds is 4. The maximum Gasteiger partial charge on any atom is 0.416 e. The molecular weight excluding hydrogens is 276 g/mol. The number of nitrogens with two attached hydrogens (primary N) is 1. The number of carbonyl (C=O) groups is 1. The minimum Gasteiger partial charge on any atom is -0.322 e. The van der Waals surface area contributed by atoms with Gasteiger partial charge in [-0.05, 0) is 30.5 Å². The van der Waals surface area contributed by atoms with Crippen molar-refractivity contribution in [3.05, 3.63) is 29.6 Å². The zero-order valence-corrected chi connectivity index (χ0v) is 11.1. The van der Waals surface area contributed by atoms with Gasteiger partial charge in [0.25, 0.3) is 0 Å². The number of amides is 1. The van der Waals surface area contributed by atoms with Gasteiger partial charge in [0.15, 0.2) is 0 Å². The summed E-state index contributed by atoms with van der Waals surface area (Å²) in [4.78, 5) is 11.7. The van der Waals surface area contributed by atoms with Crippen LogP contribution in [0.25, 0.3) is 0 Å². The van der Waals surface area contributed by atoms with Gasteiger partial charge in [-0.2, -0.15) is 13.2 Å². The fourth-order valence-electron chi connectivity index (χ4n) is 1.64. The van der Waals surface area contributed by atoms with Gasteiger partial charge in [0.05, 0.1) is 17.3 Å². The van der Waals surface area contributed by atoms with Crippen LogP contribution in [0.1, 0.15) is 25.8 Å². The molecule has 0 heterocycles. The zero-order valence-electron chi connectivity index (χ0n) is 11.1. The van der Waals surface area contributed by atoms with Crippen molar-refractivity contribution in [3.63, 3.8) is 0 Å². The Bertz CT molecular complexity index is 486. The third-order valence-corrected chi connectivity index (χ3v) is 2.61. The Hall–Kier alpha value is -1.63. The van der Waals surface area contributed by atoms with E-state index in [1.54, 1.807) is 0 Å².